The maximum Gasteiger partial charge on any atom is 0.207 e. The van der Waals surface area contributed by atoms with Crippen LogP contribution in [0.4, 0.5) is 16.0 Å². The highest BCUT2D eigenvalue weighted by atomic mass is 35.5. The normalized spacial score (nSPS) is 10.6. The molecule has 1 aromatic heterocycles. The molecule has 2 aromatic rings. The van der Waals surface area contributed by atoms with Crippen LogP contribution in [-0.4, -0.2) is 9.55 Å². The second-order valence-electron chi connectivity index (χ2n) is 4.08. The fourth-order valence-corrected chi connectivity index (χ4v) is 1.92. The van der Waals surface area contributed by atoms with Gasteiger partial charge < -0.3 is 9.88 Å². The minimum Gasteiger partial charge on any atom is -0.325 e. The molecule has 5 heteroatoms. The largest absolute Gasteiger partial charge is 0.325 e. The SMILES string of the molecule is CCCCn1ccnc1Nc1cc(F)cc(Cl)c1. The number of hydrogen-bond donors (Lipinski definition) is 1. The van der Waals surface area contributed by atoms with E-state index in [1.807, 2.05) is 10.8 Å². The fourth-order valence-electron chi connectivity index (χ4n) is 1.70. The fraction of sp³-hybridized carbons (Fsp3) is 0.308. The van der Waals surface area contributed by atoms with Gasteiger partial charge in [0.1, 0.15) is 5.82 Å². The summed E-state index contributed by atoms with van der Waals surface area (Å²) in [5.74, 6) is 0.335. The van der Waals surface area contributed by atoms with Crippen LogP contribution in [0, 0.1) is 5.82 Å². The van der Waals surface area contributed by atoms with Crippen LogP contribution in [0.1, 0.15) is 19.8 Å². The number of unbranched alkanes of at least 4 members (excludes halogenated alkanes) is 1. The molecule has 0 saturated heterocycles. The molecule has 0 aliphatic rings. The summed E-state index contributed by atoms with van der Waals surface area (Å²) in [4.78, 5) is 4.21. The van der Waals surface area contributed by atoms with Crippen molar-refractivity contribution in [2.24, 2.45) is 0 Å². The van der Waals surface area contributed by atoms with Gasteiger partial charge in [-0.25, -0.2) is 9.37 Å². The third-order valence-electron chi connectivity index (χ3n) is 2.59. The van der Waals surface area contributed by atoms with Crippen molar-refractivity contribution in [1.29, 1.82) is 0 Å². The first-order chi connectivity index (χ1) is 8.69. The lowest BCUT2D eigenvalue weighted by atomic mass is 10.3. The summed E-state index contributed by atoms with van der Waals surface area (Å²) >= 11 is 5.81. The molecule has 18 heavy (non-hydrogen) atoms. The van der Waals surface area contributed by atoms with E-state index in [1.165, 1.54) is 12.1 Å². The van der Waals surface area contributed by atoms with Crippen molar-refractivity contribution in [2.45, 2.75) is 26.3 Å². The second kappa shape index (κ2) is 5.87. The van der Waals surface area contributed by atoms with E-state index in [0.717, 1.165) is 19.4 Å². The van der Waals surface area contributed by atoms with Gasteiger partial charge in [0.05, 0.1) is 0 Å². The molecule has 0 aliphatic heterocycles. The molecule has 1 heterocycles. The van der Waals surface area contributed by atoms with Crippen LogP contribution in [0.15, 0.2) is 30.6 Å². The summed E-state index contributed by atoms with van der Waals surface area (Å²) in [6, 6.07) is 4.34. The molecule has 0 unspecified atom stereocenters. The van der Waals surface area contributed by atoms with Crippen LogP contribution >= 0.6 is 11.6 Å². The molecule has 0 spiro atoms. The lowest BCUT2D eigenvalue weighted by Crippen LogP contribution is -2.03. The Kier molecular flexibility index (Phi) is 4.20. The van der Waals surface area contributed by atoms with Gasteiger partial charge in [-0.3, -0.25) is 0 Å². The molecular formula is C13H15ClFN3. The van der Waals surface area contributed by atoms with Crippen LogP contribution < -0.4 is 5.32 Å². The van der Waals surface area contributed by atoms with Gasteiger partial charge in [0.15, 0.2) is 0 Å². The van der Waals surface area contributed by atoms with Crippen LogP contribution in [0.5, 0.6) is 0 Å². The van der Waals surface area contributed by atoms with Gasteiger partial charge in [-0.05, 0) is 24.6 Å². The number of aryl methyl sites for hydroxylation is 1. The molecule has 0 radical (unpaired) electrons. The number of rotatable bonds is 5. The Morgan fingerprint density at radius 2 is 2.22 bits per heavy atom. The molecular weight excluding hydrogens is 253 g/mol. The summed E-state index contributed by atoms with van der Waals surface area (Å²) in [6.45, 7) is 3.03. The molecule has 0 aliphatic carbocycles. The molecule has 96 valence electrons. The van der Waals surface area contributed by atoms with Gasteiger partial charge in [0.25, 0.3) is 0 Å². The Morgan fingerprint density at radius 3 is 2.94 bits per heavy atom. The first-order valence-corrected chi connectivity index (χ1v) is 6.31. The maximum absolute atomic E-state index is 13.2. The average Bonchev–Trinajstić information content (AvgIpc) is 2.72. The van der Waals surface area contributed by atoms with Crippen LogP contribution in [0.25, 0.3) is 0 Å². The van der Waals surface area contributed by atoms with E-state index in [-0.39, 0.29) is 5.82 Å². The Labute approximate surface area is 111 Å². The average molecular weight is 268 g/mol. The number of nitrogens with zero attached hydrogens (tertiary/aromatic N) is 2. The number of benzene rings is 1. The van der Waals surface area contributed by atoms with Crippen LogP contribution in [-0.2, 0) is 6.54 Å². The smallest absolute Gasteiger partial charge is 0.207 e. The van der Waals surface area contributed by atoms with E-state index < -0.39 is 0 Å². The first kappa shape index (κ1) is 12.9. The Morgan fingerprint density at radius 1 is 1.39 bits per heavy atom. The van der Waals surface area contributed by atoms with Gasteiger partial charge in [-0.15, -0.1) is 0 Å². The zero-order valence-corrected chi connectivity index (χ0v) is 10.9. The van der Waals surface area contributed by atoms with Gasteiger partial charge in [-0.2, -0.15) is 0 Å². The van der Waals surface area contributed by atoms with Crippen molar-refractivity contribution >= 4 is 23.2 Å². The summed E-state index contributed by atoms with van der Waals surface area (Å²) < 4.78 is 15.2. The van der Waals surface area contributed by atoms with E-state index in [0.29, 0.717) is 16.7 Å². The number of anilines is 2. The van der Waals surface area contributed by atoms with E-state index in [4.69, 9.17) is 11.6 Å². The maximum atomic E-state index is 13.2. The van der Waals surface area contributed by atoms with Gasteiger partial charge >= 0.3 is 0 Å². The van der Waals surface area contributed by atoms with Crippen LogP contribution in [0.2, 0.25) is 5.02 Å². The summed E-state index contributed by atoms with van der Waals surface area (Å²) in [6.07, 6.45) is 5.82. The molecule has 1 N–H and O–H groups in total. The van der Waals surface area contributed by atoms with Crippen molar-refractivity contribution in [1.82, 2.24) is 9.55 Å². The van der Waals surface area contributed by atoms with Crippen molar-refractivity contribution in [3.63, 3.8) is 0 Å². The van der Waals surface area contributed by atoms with Crippen molar-refractivity contribution in [2.75, 3.05) is 5.32 Å². The number of halogens is 2. The number of nitrogens with one attached hydrogen (secondary N) is 1. The first-order valence-electron chi connectivity index (χ1n) is 5.93. The van der Waals surface area contributed by atoms with E-state index in [2.05, 4.69) is 17.2 Å². The highest BCUT2D eigenvalue weighted by molar-refractivity contribution is 6.30. The molecule has 1 aromatic carbocycles. The van der Waals surface area contributed by atoms with Gasteiger partial charge in [0.2, 0.25) is 5.95 Å². The monoisotopic (exact) mass is 267 g/mol. The molecule has 2 rings (SSSR count). The minimum atomic E-state index is -0.364. The zero-order chi connectivity index (χ0) is 13.0. The number of aromatic nitrogens is 2. The lowest BCUT2D eigenvalue weighted by molar-refractivity contribution is 0.627. The predicted molar refractivity (Wildman–Crippen MR) is 71.8 cm³/mol. The zero-order valence-electron chi connectivity index (χ0n) is 10.2. The van der Waals surface area contributed by atoms with E-state index in [9.17, 15) is 4.39 Å². The molecule has 3 nitrogen and oxygen atoms in total. The second-order valence-corrected chi connectivity index (χ2v) is 4.52. The van der Waals surface area contributed by atoms with Crippen molar-refractivity contribution < 1.29 is 4.39 Å². The highest BCUT2D eigenvalue weighted by Gasteiger charge is 2.04. The molecule has 0 amide bonds. The Balaban J connectivity index is 2.15. The van der Waals surface area contributed by atoms with Crippen molar-refractivity contribution in [3.8, 4) is 0 Å². The van der Waals surface area contributed by atoms with Crippen molar-refractivity contribution in [3.05, 3.63) is 41.4 Å². The highest BCUT2D eigenvalue weighted by Crippen LogP contribution is 2.21. The molecule has 0 bridgehead atoms. The summed E-state index contributed by atoms with van der Waals surface area (Å²) in [5.41, 5.74) is 0.601. The quantitative estimate of drug-likeness (QED) is 0.879. The Bertz CT molecular complexity index is 504. The Hall–Kier alpha value is -1.55. The number of imidazole rings is 1. The van der Waals surface area contributed by atoms with Crippen LogP contribution in [0.3, 0.4) is 0 Å². The van der Waals surface area contributed by atoms with E-state index >= 15 is 0 Å². The summed E-state index contributed by atoms with van der Waals surface area (Å²) in [5, 5.41) is 3.44. The third kappa shape index (κ3) is 3.23. The van der Waals surface area contributed by atoms with Gasteiger partial charge in [-0.1, -0.05) is 24.9 Å². The predicted octanol–water partition coefficient (Wildman–Crippen LogP) is 4.22. The third-order valence-corrected chi connectivity index (χ3v) is 2.80. The number of hydrogen-bond acceptors (Lipinski definition) is 2. The topological polar surface area (TPSA) is 29.9 Å². The lowest BCUT2D eigenvalue weighted by Gasteiger charge is -2.09. The van der Waals surface area contributed by atoms with Gasteiger partial charge in [0, 0.05) is 29.6 Å². The minimum absolute atomic E-state index is 0.364. The molecule has 0 saturated carbocycles. The molecule has 0 fully saturated rings. The standard InChI is InChI=1S/C13H15ClFN3/c1-2-3-5-18-6-4-16-13(18)17-12-8-10(14)7-11(15)9-12/h4,6-9H,2-3,5H2,1H3,(H,16,17). The van der Waals surface area contributed by atoms with E-state index in [1.54, 1.807) is 12.3 Å². The summed E-state index contributed by atoms with van der Waals surface area (Å²) in [7, 11) is 0. The molecule has 0 atom stereocenters.